The highest BCUT2D eigenvalue weighted by Crippen LogP contribution is 2.25. The zero-order valence-electron chi connectivity index (χ0n) is 11.2. The van der Waals surface area contributed by atoms with E-state index < -0.39 is 10.0 Å². The highest BCUT2D eigenvalue weighted by molar-refractivity contribution is 7.89. The Kier molecular flexibility index (Phi) is 3.82. The van der Waals surface area contributed by atoms with Gasteiger partial charge in [-0.1, -0.05) is 0 Å². The van der Waals surface area contributed by atoms with E-state index in [9.17, 15) is 8.42 Å². The number of thiophene rings is 1. The van der Waals surface area contributed by atoms with E-state index in [1.54, 1.807) is 6.07 Å². The Labute approximate surface area is 113 Å². The molecule has 0 saturated carbocycles. The molecule has 1 aliphatic rings. The minimum absolute atomic E-state index is 0.0528. The average molecular weight is 288 g/mol. The first-order valence-electron chi connectivity index (χ1n) is 6.13. The van der Waals surface area contributed by atoms with Crippen molar-refractivity contribution in [2.45, 2.75) is 44.7 Å². The van der Waals surface area contributed by atoms with E-state index in [0.29, 0.717) is 10.9 Å². The highest BCUT2D eigenvalue weighted by atomic mass is 32.2. The minimum atomic E-state index is -3.35. The van der Waals surface area contributed by atoms with E-state index in [4.69, 9.17) is 0 Å². The van der Waals surface area contributed by atoms with Gasteiger partial charge in [-0.2, -0.15) is 0 Å². The maximum absolute atomic E-state index is 12.2. The number of hydrogen-bond donors (Lipinski definition) is 1. The molecule has 2 heterocycles. The molecule has 2 rings (SSSR count). The van der Waals surface area contributed by atoms with Crippen molar-refractivity contribution in [1.82, 2.24) is 9.62 Å². The molecule has 18 heavy (non-hydrogen) atoms. The lowest BCUT2D eigenvalue weighted by Crippen LogP contribution is -2.60. The number of nitrogens with zero attached hydrogens (tertiary/aromatic N) is 1. The number of rotatable bonds is 4. The van der Waals surface area contributed by atoms with Gasteiger partial charge in [-0.3, -0.25) is 4.90 Å². The molecular weight excluding hydrogens is 268 g/mol. The van der Waals surface area contributed by atoms with Gasteiger partial charge in [0.25, 0.3) is 0 Å². The van der Waals surface area contributed by atoms with Gasteiger partial charge in [-0.15, -0.1) is 11.3 Å². The second-order valence-electron chi connectivity index (χ2n) is 5.14. The third kappa shape index (κ3) is 2.77. The predicted molar refractivity (Wildman–Crippen MR) is 74.6 cm³/mol. The second kappa shape index (κ2) is 4.92. The summed E-state index contributed by atoms with van der Waals surface area (Å²) in [6, 6.07) is 2.29. The lowest BCUT2D eigenvalue weighted by Gasteiger charge is -2.42. The average Bonchev–Trinajstić information content (AvgIpc) is 2.51. The maximum atomic E-state index is 12.2. The van der Waals surface area contributed by atoms with Crippen molar-refractivity contribution < 1.29 is 8.42 Å². The van der Waals surface area contributed by atoms with Crippen LogP contribution in [0.2, 0.25) is 0 Å². The van der Waals surface area contributed by atoms with Crippen LogP contribution in [0.5, 0.6) is 0 Å². The van der Waals surface area contributed by atoms with Crippen LogP contribution < -0.4 is 4.72 Å². The van der Waals surface area contributed by atoms with Crippen LogP contribution in [0.1, 0.15) is 23.6 Å². The summed E-state index contributed by atoms with van der Waals surface area (Å²) in [6.45, 7) is 9.64. The van der Waals surface area contributed by atoms with Gasteiger partial charge in [0.15, 0.2) is 0 Å². The van der Waals surface area contributed by atoms with Gasteiger partial charge < -0.3 is 0 Å². The summed E-state index contributed by atoms with van der Waals surface area (Å²) in [4.78, 5) is 4.58. The quantitative estimate of drug-likeness (QED) is 0.918. The molecule has 1 aromatic heterocycles. The summed E-state index contributed by atoms with van der Waals surface area (Å²) in [6.07, 6.45) is 0. The van der Waals surface area contributed by atoms with Crippen molar-refractivity contribution in [1.29, 1.82) is 0 Å². The van der Waals surface area contributed by atoms with E-state index in [1.165, 1.54) is 11.3 Å². The van der Waals surface area contributed by atoms with Crippen LogP contribution in [-0.4, -0.2) is 38.5 Å². The van der Waals surface area contributed by atoms with Crippen LogP contribution in [-0.2, 0) is 10.0 Å². The van der Waals surface area contributed by atoms with Gasteiger partial charge in [0, 0.05) is 34.9 Å². The first-order valence-corrected chi connectivity index (χ1v) is 8.43. The van der Waals surface area contributed by atoms with Crippen molar-refractivity contribution in [2.75, 3.05) is 13.1 Å². The molecule has 0 radical (unpaired) electrons. The highest BCUT2D eigenvalue weighted by Gasteiger charge is 2.32. The summed E-state index contributed by atoms with van der Waals surface area (Å²) < 4.78 is 27.2. The normalized spacial score (nSPS) is 18.3. The molecule has 4 nitrogen and oxygen atoms in total. The number of sulfonamides is 1. The summed E-state index contributed by atoms with van der Waals surface area (Å²) >= 11 is 1.52. The van der Waals surface area contributed by atoms with Gasteiger partial charge in [-0.25, -0.2) is 13.1 Å². The molecule has 0 amide bonds. The third-order valence-electron chi connectivity index (χ3n) is 3.25. The molecule has 0 aromatic carbocycles. The lowest BCUT2D eigenvalue weighted by atomic mass is 10.1. The fourth-order valence-corrected chi connectivity index (χ4v) is 4.94. The smallest absolute Gasteiger partial charge is 0.242 e. The second-order valence-corrected chi connectivity index (χ2v) is 8.29. The molecule has 0 unspecified atom stereocenters. The largest absolute Gasteiger partial charge is 0.298 e. The topological polar surface area (TPSA) is 49.4 Å². The first-order chi connectivity index (χ1) is 8.29. The minimum Gasteiger partial charge on any atom is -0.298 e. The predicted octanol–water partition coefficient (Wildman–Crippen LogP) is 1.74. The van der Waals surface area contributed by atoms with Crippen LogP contribution in [0.4, 0.5) is 0 Å². The monoisotopic (exact) mass is 288 g/mol. The van der Waals surface area contributed by atoms with Gasteiger partial charge in [0.1, 0.15) is 0 Å². The fourth-order valence-electron chi connectivity index (χ4n) is 2.17. The maximum Gasteiger partial charge on any atom is 0.242 e. The molecule has 1 aliphatic heterocycles. The van der Waals surface area contributed by atoms with Crippen LogP contribution >= 0.6 is 11.3 Å². The van der Waals surface area contributed by atoms with Crippen LogP contribution in [0.25, 0.3) is 0 Å². The molecule has 102 valence electrons. The summed E-state index contributed by atoms with van der Waals surface area (Å²) in [5, 5.41) is 0. The molecule has 0 bridgehead atoms. The van der Waals surface area contributed by atoms with Gasteiger partial charge in [0.05, 0.1) is 4.90 Å². The number of hydrogen-bond acceptors (Lipinski definition) is 4. The van der Waals surface area contributed by atoms with Crippen molar-refractivity contribution in [2.24, 2.45) is 0 Å². The van der Waals surface area contributed by atoms with E-state index in [2.05, 4.69) is 23.5 Å². The third-order valence-corrected chi connectivity index (χ3v) is 5.99. The van der Waals surface area contributed by atoms with E-state index >= 15 is 0 Å². The standard InChI is InChI=1S/C12H20N2O2S2/c1-8(2)14-6-11(7-14)13-18(15,16)12-5-9(3)17-10(12)4/h5,8,11,13H,6-7H2,1-4H3. The number of nitrogens with one attached hydrogen (secondary N) is 1. The molecular formula is C12H20N2O2S2. The summed E-state index contributed by atoms with van der Waals surface area (Å²) in [5.41, 5.74) is 0. The van der Waals surface area contributed by atoms with E-state index in [-0.39, 0.29) is 6.04 Å². The molecule has 0 spiro atoms. The summed E-state index contributed by atoms with van der Waals surface area (Å²) in [5.74, 6) is 0. The van der Waals surface area contributed by atoms with Crippen molar-refractivity contribution in [3.05, 3.63) is 15.8 Å². The fraction of sp³-hybridized carbons (Fsp3) is 0.667. The Balaban J connectivity index is 2.04. The van der Waals surface area contributed by atoms with Crippen LogP contribution in [0.15, 0.2) is 11.0 Å². The molecule has 0 atom stereocenters. The SMILES string of the molecule is Cc1cc(S(=O)(=O)NC2CN(C(C)C)C2)c(C)s1. The Morgan fingerprint density at radius 2 is 2.00 bits per heavy atom. The first kappa shape index (κ1) is 14.0. The van der Waals surface area contributed by atoms with E-state index in [1.807, 2.05) is 13.8 Å². The number of aryl methyl sites for hydroxylation is 2. The van der Waals surface area contributed by atoms with Gasteiger partial charge in [0.2, 0.25) is 10.0 Å². The van der Waals surface area contributed by atoms with Gasteiger partial charge in [-0.05, 0) is 33.8 Å². The van der Waals surface area contributed by atoms with Crippen LogP contribution in [0.3, 0.4) is 0 Å². The number of likely N-dealkylation sites (tertiary alicyclic amines) is 1. The molecule has 1 fully saturated rings. The Morgan fingerprint density at radius 1 is 1.39 bits per heavy atom. The van der Waals surface area contributed by atoms with Crippen molar-refractivity contribution in [3.8, 4) is 0 Å². The molecule has 1 N–H and O–H groups in total. The molecule has 1 aromatic rings. The van der Waals surface area contributed by atoms with Crippen molar-refractivity contribution >= 4 is 21.4 Å². The molecule has 0 aliphatic carbocycles. The Morgan fingerprint density at radius 3 is 2.44 bits per heavy atom. The zero-order chi connectivity index (χ0) is 13.5. The van der Waals surface area contributed by atoms with Crippen molar-refractivity contribution in [3.63, 3.8) is 0 Å². The summed E-state index contributed by atoms with van der Waals surface area (Å²) in [7, 11) is -3.35. The van der Waals surface area contributed by atoms with E-state index in [0.717, 1.165) is 22.8 Å². The zero-order valence-corrected chi connectivity index (χ0v) is 12.9. The molecule has 6 heteroatoms. The van der Waals surface area contributed by atoms with Crippen LogP contribution in [0, 0.1) is 13.8 Å². The lowest BCUT2D eigenvalue weighted by molar-refractivity contribution is 0.104. The van der Waals surface area contributed by atoms with Gasteiger partial charge >= 0.3 is 0 Å². The molecule has 1 saturated heterocycles. The Bertz CT molecular complexity index is 528. The Hall–Kier alpha value is -0.430.